The Morgan fingerprint density at radius 2 is 2.32 bits per heavy atom. The molecule has 0 spiro atoms. The second kappa shape index (κ2) is 4.52. The number of hydrogen-bond acceptors (Lipinski definition) is 4. The van der Waals surface area contributed by atoms with Gasteiger partial charge in [0.2, 0.25) is 0 Å². The average molecular weight is 256 g/mol. The second-order valence-corrected chi connectivity index (χ2v) is 4.17. The molecule has 3 aromatic heterocycles. The van der Waals surface area contributed by atoms with Gasteiger partial charge in [0.1, 0.15) is 0 Å². The molecule has 0 aliphatic heterocycles. The van der Waals surface area contributed by atoms with Crippen LogP contribution in [-0.4, -0.2) is 30.5 Å². The number of hydrogen-bond donors (Lipinski definition) is 1. The highest BCUT2D eigenvalue weighted by Gasteiger charge is 2.10. The number of pyridine rings is 1. The summed E-state index contributed by atoms with van der Waals surface area (Å²) in [7, 11) is 1.71. The van der Waals surface area contributed by atoms with Crippen molar-refractivity contribution in [3.05, 3.63) is 48.0 Å². The summed E-state index contributed by atoms with van der Waals surface area (Å²) < 4.78 is 3.25. The van der Waals surface area contributed by atoms with Crippen molar-refractivity contribution in [2.45, 2.75) is 6.54 Å². The maximum absolute atomic E-state index is 11.8. The summed E-state index contributed by atoms with van der Waals surface area (Å²) >= 11 is 0. The molecule has 3 heterocycles. The van der Waals surface area contributed by atoms with Crippen molar-refractivity contribution >= 4 is 11.4 Å². The van der Waals surface area contributed by atoms with Crippen molar-refractivity contribution in [1.82, 2.24) is 29.9 Å². The lowest BCUT2D eigenvalue weighted by atomic mass is 10.3. The van der Waals surface area contributed by atoms with Gasteiger partial charge in [0.15, 0.2) is 5.69 Å². The van der Waals surface area contributed by atoms with E-state index in [0.717, 1.165) is 11.2 Å². The molecule has 19 heavy (non-hydrogen) atoms. The van der Waals surface area contributed by atoms with Crippen molar-refractivity contribution in [2.75, 3.05) is 0 Å². The number of fused-ring (bicyclic) bond motifs is 1. The molecule has 0 unspecified atom stereocenters. The van der Waals surface area contributed by atoms with Crippen LogP contribution in [0.25, 0.3) is 5.52 Å². The Labute approximate surface area is 108 Å². The number of aryl methyl sites for hydroxylation is 1. The Kier molecular flexibility index (Phi) is 2.71. The number of amides is 1. The first-order valence-electron chi connectivity index (χ1n) is 5.80. The van der Waals surface area contributed by atoms with Gasteiger partial charge in [-0.25, -0.2) is 4.52 Å². The summed E-state index contributed by atoms with van der Waals surface area (Å²) in [5.74, 6) is -0.259. The van der Waals surface area contributed by atoms with E-state index in [2.05, 4.69) is 20.7 Å². The Balaban J connectivity index is 1.70. The summed E-state index contributed by atoms with van der Waals surface area (Å²) in [4.78, 5) is 11.8. The molecule has 96 valence electrons. The van der Waals surface area contributed by atoms with E-state index in [0.29, 0.717) is 12.2 Å². The molecular formula is C12H12N6O. The van der Waals surface area contributed by atoms with Crippen LogP contribution in [0, 0.1) is 0 Å². The Morgan fingerprint density at radius 1 is 1.42 bits per heavy atom. The zero-order chi connectivity index (χ0) is 13.2. The predicted octanol–water partition coefficient (Wildman–Crippen LogP) is 0.393. The molecule has 0 saturated carbocycles. The van der Waals surface area contributed by atoms with Crippen LogP contribution < -0.4 is 5.32 Å². The highest BCUT2D eigenvalue weighted by atomic mass is 16.2. The SMILES string of the molecule is Cn1cc(C(=O)NCc2cc3ccccn3n2)nn1. The first-order valence-corrected chi connectivity index (χ1v) is 5.80. The van der Waals surface area contributed by atoms with E-state index >= 15 is 0 Å². The van der Waals surface area contributed by atoms with Crippen LogP contribution in [0.4, 0.5) is 0 Å². The van der Waals surface area contributed by atoms with Gasteiger partial charge in [-0.1, -0.05) is 11.3 Å². The molecule has 7 nitrogen and oxygen atoms in total. The molecule has 1 amide bonds. The number of rotatable bonds is 3. The summed E-state index contributed by atoms with van der Waals surface area (Å²) in [5, 5.41) is 14.6. The molecule has 0 fully saturated rings. The number of aromatic nitrogens is 5. The molecule has 3 rings (SSSR count). The summed E-state index contributed by atoms with van der Waals surface area (Å²) in [6, 6.07) is 7.73. The fourth-order valence-corrected chi connectivity index (χ4v) is 1.79. The highest BCUT2D eigenvalue weighted by Crippen LogP contribution is 2.05. The second-order valence-electron chi connectivity index (χ2n) is 4.17. The lowest BCUT2D eigenvalue weighted by Crippen LogP contribution is -2.23. The van der Waals surface area contributed by atoms with Gasteiger partial charge in [-0.05, 0) is 18.2 Å². The fourth-order valence-electron chi connectivity index (χ4n) is 1.79. The number of carbonyl (C=O) groups is 1. The van der Waals surface area contributed by atoms with Crippen LogP contribution in [0.2, 0.25) is 0 Å². The van der Waals surface area contributed by atoms with Crippen LogP contribution in [-0.2, 0) is 13.6 Å². The van der Waals surface area contributed by atoms with Gasteiger partial charge in [-0.3, -0.25) is 9.48 Å². The summed E-state index contributed by atoms with van der Waals surface area (Å²) in [5.41, 5.74) is 2.08. The molecule has 0 aliphatic carbocycles. The van der Waals surface area contributed by atoms with Crippen LogP contribution in [0.5, 0.6) is 0 Å². The average Bonchev–Trinajstić information content (AvgIpc) is 3.01. The molecule has 1 N–H and O–H groups in total. The third-order valence-corrected chi connectivity index (χ3v) is 2.69. The maximum atomic E-state index is 11.8. The van der Waals surface area contributed by atoms with E-state index in [1.54, 1.807) is 17.8 Å². The van der Waals surface area contributed by atoms with Crippen LogP contribution in [0.3, 0.4) is 0 Å². The zero-order valence-corrected chi connectivity index (χ0v) is 10.3. The Morgan fingerprint density at radius 3 is 3.05 bits per heavy atom. The molecule has 0 saturated heterocycles. The topological polar surface area (TPSA) is 77.1 Å². The van der Waals surface area contributed by atoms with Crippen molar-refractivity contribution < 1.29 is 4.79 Å². The van der Waals surface area contributed by atoms with Crippen LogP contribution in [0.1, 0.15) is 16.2 Å². The van der Waals surface area contributed by atoms with E-state index < -0.39 is 0 Å². The third-order valence-electron chi connectivity index (χ3n) is 2.69. The number of nitrogens with one attached hydrogen (secondary N) is 1. The number of nitrogens with zero attached hydrogens (tertiary/aromatic N) is 5. The van der Waals surface area contributed by atoms with Gasteiger partial charge in [-0.15, -0.1) is 5.10 Å². The zero-order valence-electron chi connectivity index (χ0n) is 10.3. The van der Waals surface area contributed by atoms with Gasteiger partial charge in [-0.2, -0.15) is 5.10 Å². The molecule has 0 radical (unpaired) electrons. The quantitative estimate of drug-likeness (QED) is 0.735. The van der Waals surface area contributed by atoms with Gasteiger partial charge in [0.05, 0.1) is 24.0 Å². The van der Waals surface area contributed by atoms with Crippen molar-refractivity contribution in [1.29, 1.82) is 0 Å². The molecule has 0 bridgehead atoms. The van der Waals surface area contributed by atoms with Gasteiger partial charge in [0, 0.05) is 13.2 Å². The molecule has 0 atom stereocenters. The normalized spacial score (nSPS) is 10.8. The van der Waals surface area contributed by atoms with Crippen molar-refractivity contribution in [2.24, 2.45) is 7.05 Å². The van der Waals surface area contributed by atoms with Gasteiger partial charge in [0.25, 0.3) is 5.91 Å². The van der Waals surface area contributed by atoms with E-state index in [9.17, 15) is 4.79 Å². The van der Waals surface area contributed by atoms with Crippen molar-refractivity contribution in [3.8, 4) is 0 Å². The van der Waals surface area contributed by atoms with Gasteiger partial charge >= 0.3 is 0 Å². The largest absolute Gasteiger partial charge is 0.345 e. The predicted molar refractivity (Wildman–Crippen MR) is 67.4 cm³/mol. The smallest absolute Gasteiger partial charge is 0.273 e. The minimum Gasteiger partial charge on any atom is -0.345 e. The molecule has 0 aliphatic rings. The van der Waals surface area contributed by atoms with Crippen molar-refractivity contribution in [3.63, 3.8) is 0 Å². The first kappa shape index (κ1) is 11.4. The van der Waals surface area contributed by atoms with Crippen LogP contribution >= 0.6 is 0 Å². The standard InChI is InChI=1S/C12H12N6O/c1-17-8-11(14-16-17)12(19)13-7-9-6-10-4-2-3-5-18(10)15-9/h2-6,8H,7H2,1H3,(H,13,19). The summed E-state index contributed by atoms with van der Waals surface area (Å²) in [6.45, 7) is 0.358. The molecule has 0 aromatic carbocycles. The van der Waals surface area contributed by atoms with Gasteiger partial charge < -0.3 is 5.32 Å². The lowest BCUT2D eigenvalue weighted by molar-refractivity contribution is 0.0945. The van der Waals surface area contributed by atoms with E-state index in [1.165, 1.54) is 4.68 Å². The lowest BCUT2D eigenvalue weighted by Gasteiger charge is -1.98. The number of carbonyl (C=O) groups excluding carboxylic acids is 1. The maximum Gasteiger partial charge on any atom is 0.273 e. The summed E-state index contributed by atoms with van der Waals surface area (Å²) in [6.07, 6.45) is 3.43. The molecule has 7 heteroatoms. The Bertz CT molecular complexity index is 695. The van der Waals surface area contributed by atoms with E-state index in [1.807, 2.05) is 30.5 Å². The molecule has 3 aromatic rings. The van der Waals surface area contributed by atoms with Crippen LogP contribution in [0.15, 0.2) is 36.7 Å². The first-order chi connectivity index (χ1) is 9.22. The fraction of sp³-hybridized carbons (Fsp3) is 0.167. The minimum absolute atomic E-state index is 0.259. The minimum atomic E-state index is -0.259. The third kappa shape index (κ3) is 2.30. The monoisotopic (exact) mass is 256 g/mol. The molecular weight excluding hydrogens is 244 g/mol. The Hall–Kier alpha value is -2.70. The van der Waals surface area contributed by atoms with E-state index in [-0.39, 0.29) is 5.91 Å². The highest BCUT2D eigenvalue weighted by molar-refractivity contribution is 5.91. The van der Waals surface area contributed by atoms with E-state index in [4.69, 9.17) is 0 Å².